The lowest BCUT2D eigenvalue weighted by molar-refractivity contribution is -0.00164. The molecule has 2 saturated heterocycles. The standard InChI is InChI=1S/C12H22N2O3/c1-11(2,3)17-10(15)14-12-4-5-16-7-9(12)6-13-8-12/h9,13H,4-8H2,1-3H3,(H,14,15)/t9?,12-/m1/s1. The molecule has 0 radical (unpaired) electrons. The van der Waals surface area contributed by atoms with Gasteiger partial charge in [0.25, 0.3) is 0 Å². The van der Waals surface area contributed by atoms with Crippen LogP contribution in [-0.4, -0.2) is 43.5 Å². The van der Waals surface area contributed by atoms with Crippen LogP contribution < -0.4 is 10.6 Å². The van der Waals surface area contributed by atoms with E-state index in [2.05, 4.69) is 10.6 Å². The Hall–Kier alpha value is -0.810. The fourth-order valence-corrected chi connectivity index (χ4v) is 2.52. The first kappa shape index (κ1) is 12.6. The van der Waals surface area contributed by atoms with Gasteiger partial charge in [-0.15, -0.1) is 0 Å². The van der Waals surface area contributed by atoms with E-state index in [0.717, 1.165) is 19.5 Å². The van der Waals surface area contributed by atoms with E-state index in [9.17, 15) is 4.79 Å². The second-order valence-electron chi connectivity index (χ2n) is 5.94. The Morgan fingerprint density at radius 1 is 1.53 bits per heavy atom. The Labute approximate surface area is 102 Å². The number of ether oxygens (including phenoxy) is 2. The predicted octanol–water partition coefficient (Wildman–Crippen LogP) is 0.890. The van der Waals surface area contributed by atoms with E-state index >= 15 is 0 Å². The lowest BCUT2D eigenvalue weighted by Crippen LogP contribution is -2.58. The van der Waals surface area contributed by atoms with Gasteiger partial charge in [0.1, 0.15) is 5.60 Å². The molecule has 0 aromatic heterocycles. The number of carbonyl (C=O) groups excluding carboxylic acids is 1. The molecule has 2 N–H and O–H groups in total. The topological polar surface area (TPSA) is 59.6 Å². The van der Waals surface area contributed by atoms with Gasteiger partial charge in [-0.25, -0.2) is 4.79 Å². The molecule has 2 fully saturated rings. The molecule has 0 aromatic carbocycles. The van der Waals surface area contributed by atoms with Crippen molar-refractivity contribution in [3.05, 3.63) is 0 Å². The van der Waals surface area contributed by atoms with Crippen LogP contribution in [0.3, 0.4) is 0 Å². The summed E-state index contributed by atoms with van der Waals surface area (Å²) >= 11 is 0. The highest BCUT2D eigenvalue weighted by molar-refractivity contribution is 5.69. The van der Waals surface area contributed by atoms with Crippen molar-refractivity contribution in [3.63, 3.8) is 0 Å². The first-order valence-corrected chi connectivity index (χ1v) is 6.21. The molecule has 0 spiro atoms. The summed E-state index contributed by atoms with van der Waals surface area (Å²) in [6, 6.07) is 0. The first-order valence-electron chi connectivity index (χ1n) is 6.21. The highest BCUT2D eigenvalue weighted by atomic mass is 16.6. The van der Waals surface area contributed by atoms with Crippen LogP contribution in [0.15, 0.2) is 0 Å². The lowest BCUT2D eigenvalue weighted by atomic mass is 9.83. The zero-order chi connectivity index (χ0) is 12.5. The molecule has 2 aliphatic heterocycles. The third-order valence-corrected chi connectivity index (χ3v) is 3.37. The summed E-state index contributed by atoms with van der Waals surface area (Å²) in [6.07, 6.45) is 0.525. The number of amides is 1. The Bertz CT molecular complexity index is 301. The van der Waals surface area contributed by atoms with Crippen molar-refractivity contribution in [3.8, 4) is 0 Å². The molecule has 0 aliphatic carbocycles. The molecular formula is C12H22N2O3. The fraction of sp³-hybridized carbons (Fsp3) is 0.917. The third-order valence-electron chi connectivity index (χ3n) is 3.37. The average molecular weight is 242 g/mol. The summed E-state index contributed by atoms with van der Waals surface area (Å²) in [5.74, 6) is 0.351. The van der Waals surface area contributed by atoms with Crippen molar-refractivity contribution in [1.29, 1.82) is 0 Å². The van der Waals surface area contributed by atoms with Crippen molar-refractivity contribution >= 4 is 6.09 Å². The van der Waals surface area contributed by atoms with Crippen LogP contribution in [0.1, 0.15) is 27.2 Å². The zero-order valence-corrected chi connectivity index (χ0v) is 10.8. The van der Waals surface area contributed by atoms with Gasteiger partial charge >= 0.3 is 6.09 Å². The normalized spacial score (nSPS) is 33.0. The molecule has 5 nitrogen and oxygen atoms in total. The first-order chi connectivity index (χ1) is 7.91. The average Bonchev–Trinajstić information content (AvgIpc) is 2.57. The summed E-state index contributed by atoms with van der Waals surface area (Å²) in [4.78, 5) is 11.9. The van der Waals surface area contributed by atoms with Gasteiger partial charge in [0.2, 0.25) is 0 Å². The number of carbonyl (C=O) groups is 1. The number of alkyl carbamates (subject to hydrolysis) is 1. The fourth-order valence-electron chi connectivity index (χ4n) is 2.52. The highest BCUT2D eigenvalue weighted by Gasteiger charge is 2.46. The molecule has 2 atom stereocenters. The molecule has 17 heavy (non-hydrogen) atoms. The number of hydrogen-bond donors (Lipinski definition) is 2. The number of rotatable bonds is 1. The number of hydrogen-bond acceptors (Lipinski definition) is 4. The molecule has 2 heterocycles. The molecule has 5 heteroatoms. The van der Waals surface area contributed by atoms with E-state index in [1.807, 2.05) is 20.8 Å². The Kier molecular flexibility index (Phi) is 3.32. The van der Waals surface area contributed by atoms with Gasteiger partial charge in [-0.3, -0.25) is 0 Å². The summed E-state index contributed by atoms with van der Waals surface area (Å²) in [5.41, 5.74) is -0.631. The van der Waals surface area contributed by atoms with E-state index in [0.29, 0.717) is 19.1 Å². The van der Waals surface area contributed by atoms with Crippen LogP contribution in [0, 0.1) is 5.92 Å². The Morgan fingerprint density at radius 2 is 2.29 bits per heavy atom. The SMILES string of the molecule is CC(C)(C)OC(=O)N[C@@]12CCOCC1CNC2. The monoisotopic (exact) mass is 242 g/mol. The predicted molar refractivity (Wildman–Crippen MR) is 63.9 cm³/mol. The van der Waals surface area contributed by atoms with E-state index in [1.54, 1.807) is 0 Å². The summed E-state index contributed by atoms with van der Waals surface area (Å²) in [5, 5.41) is 6.37. The van der Waals surface area contributed by atoms with Gasteiger partial charge in [-0.05, 0) is 27.2 Å². The van der Waals surface area contributed by atoms with E-state index in [-0.39, 0.29) is 11.6 Å². The maximum absolute atomic E-state index is 11.9. The zero-order valence-electron chi connectivity index (χ0n) is 10.8. The minimum absolute atomic E-state index is 0.180. The molecule has 98 valence electrons. The van der Waals surface area contributed by atoms with Crippen molar-refractivity contribution in [2.75, 3.05) is 26.3 Å². The van der Waals surface area contributed by atoms with E-state index in [4.69, 9.17) is 9.47 Å². The van der Waals surface area contributed by atoms with Gasteiger partial charge in [-0.2, -0.15) is 0 Å². The van der Waals surface area contributed by atoms with Crippen LogP contribution in [0.4, 0.5) is 4.79 Å². The quantitative estimate of drug-likeness (QED) is 0.717. The minimum atomic E-state index is -0.451. The Balaban J connectivity index is 1.98. The smallest absolute Gasteiger partial charge is 0.408 e. The van der Waals surface area contributed by atoms with Gasteiger partial charge < -0.3 is 20.1 Å². The van der Waals surface area contributed by atoms with Crippen LogP contribution in [0.5, 0.6) is 0 Å². The second-order valence-corrected chi connectivity index (χ2v) is 5.94. The molecule has 1 unspecified atom stereocenters. The maximum atomic E-state index is 11.9. The molecule has 2 aliphatic rings. The van der Waals surface area contributed by atoms with Crippen LogP contribution in [-0.2, 0) is 9.47 Å². The largest absolute Gasteiger partial charge is 0.444 e. The maximum Gasteiger partial charge on any atom is 0.408 e. The van der Waals surface area contributed by atoms with Gasteiger partial charge in [0.15, 0.2) is 0 Å². The third kappa shape index (κ3) is 2.90. The molecule has 1 amide bonds. The molecule has 0 bridgehead atoms. The molecular weight excluding hydrogens is 220 g/mol. The van der Waals surface area contributed by atoms with Crippen LogP contribution in [0.25, 0.3) is 0 Å². The minimum Gasteiger partial charge on any atom is -0.444 e. The highest BCUT2D eigenvalue weighted by Crippen LogP contribution is 2.30. The molecule has 2 rings (SSSR count). The summed E-state index contributed by atoms with van der Waals surface area (Å²) < 4.78 is 10.8. The van der Waals surface area contributed by atoms with E-state index < -0.39 is 5.60 Å². The van der Waals surface area contributed by atoms with Crippen molar-refractivity contribution < 1.29 is 14.3 Å². The van der Waals surface area contributed by atoms with Crippen molar-refractivity contribution in [1.82, 2.24) is 10.6 Å². The Morgan fingerprint density at radius 3 is 3.00 bits per heavy atom. The second kappa shape index (κ2) is 4.46. The van der Waals surface area contributed by atoms with Gasteiger partial charge in [0, 0.05) is 25.6 Å². The van der Waals surface area contributed by atoms with Gasteiger partial charge in [0.05, 0.1) is 12.1 Å². The molecule has 0 saturated carbocycles. The van der Waals surface area contributed by atoms with E-state index in [1.165, 1.54) is 0 Å². The number of nitrogens with one attached hydrogen (secondary N) is 2. The summed E-state index contributed by atoms with van der Waals surface area (Å²) in [6.45, 7) is 8.74. The van der Waals surface area contributed by atoms with Gasteiger partial charge in [-0.1, -0.05) is 0 Å². The van der Waals surface area contributed by atoms with Crippen LogP contribution >= 0.6 is 0 Å². The van der Waals surface area contributed by atoms with Crippen molar-refractivity contribution in [2.45, 2.75) is 38.3 Å². The van der Waals surface area contributed by atoms with Crippen LogP contribution in [0.2, 0.25) is 0 Å². The number of fused-ring (bicyclic) bond motifs is 1. The summed E-state index contributed by atoms with van der Waals surface area (Å²) in [7, 11) is 0. The molecule has 0 aromatic rings. The lowest BCUT2D eigenvalue weighted by Gasteiger charge is -2.39. The van der Waals surface area contributed by atoms with Crippen molar-refractivity contribution in [2.24, 2.45) is 5.92 Å².